The number of hydrogen-bond acceptors (Lipinski definition) is 2. The highest BCUT2D eigenvalue weighted by Gasteiger charge is 2.04. The lowest BCUT2D eigenvalue weighted by Crippen LogP contribution is -1.81. The SMILES string of the molecule is Cn1cc(N=Nc2ccc(F)cc2)c2ccccc21. The number of azo groups is 1. The first-order chi connectivity index (χ1) is 9.24. The van der Waals surface area contributed by atoms with Crippen LogP contribution in [0.5, 0.6) is 0 Å². The van der Waals surface area contributed by atoms with Crippen molar-refractivity contribution in [1.82, 2.24) is 4.57 Å². The maximum atomic E-state index is 12.8. The van der Waals surface area contributed by atoms with Gasteiger partial charge < -0.3 is 4.57 Å². The van der Waals surface area contributed by atoms with E-state index in [1.54, 1.807) is 12.1 Å². The normalized spacial score (nSPS) is 11.5. The highest BCUT2D eigenvalue weighted by molar-refractivity contribution is 5.91. The third kappa shape index (κ3) is 2.25. The summed E-state index contributed by atoms with van der Waals surface area (Å²) < 4.78 is 14.8. The van der Waals surface area contributed by atoms with Gasteiger partial charge in [0.25, 0.3) is 0 Å². The van der Waals surface area contributed by atoms with E-state index in [-0.39, 0.29) is 5.82 Å². The molecule has 0 saturated heterocycles. The van der Waals surface area contributed by atoms with E-state index in [1.807, 2.05) is 42.1 Å². The largest absolute Gasteiger partial charge is 0.348 e. The molecule has 0 aliphatic heterocycles. The van der Waals surface area contributed by atoms with Gasteiger partial charge in [0.05, 0.1) is 11.2 Å². The molecule has 0 saturated carbocycles. The second-order valence-corrected chi connectivity index (χ2v) is 4.32. The van der Waals surface area contributed by atoms with Crippen molar-refractivity contribution in [1.29, 1.82) is 0 Å². The van der Waals surface area contributed by atoms with Gasteiger partial charge in [0, 0.05) is 18.6 Å². The second-order valence-electron chi connectivity index (χ2n) is 4.32. The van der Waals surface area contributed by atoms with Crippen LogP contribution in [0.25, 0.3) is 10.9 Å². The fraction of sp³-hybridized carbons (Fsp3) is 0.0667. The van der Waals surface area contributed by atoms with E-state index in [4.69, 9.17) is 0 Å². The minimum absolute atomic E-state index is 0.274. The molecule has 3 aromatic rings. The minimum Gasteiger partial charge on any atom is -0.348 e. The van der Waals surface area contributed by atoms with E-state index in [1.165, 1.54) is 12.1 Å². The quantitative estimate of drug-likeness (QED) is 0.591. The monoisotopic (exact) mass is 253 g/mol. The van der Waals surface area contributed by atoms with Crippen molar-refractivity contribution in [2.75, 3.05) is 0 Å². The lowest BCUT2D eigenvalue weighted by atomic mass is 10.2. The summed E-state index contributed by atoms with van der Waals surface area (Å²) in [6.45, 7) is 0. The summed E-state index contributed by atoms with van der Waals surface area (Å²) in [5, 5.41) is 9.41. The summed E-state index contributed by atoms with van der Waals surface area (Å²) in [5.74, 6) is -0.274. The van der Waals surface area contributed by atoms with Crippen molar-refractivity contribution in [3.8, 4) is 0 Å². The van der Waals surface area contributed by atoms with Crippen LogP contribution >= 0.6 is 0 Å². The Bertz CT molecular complexity index is 742. The summed E-state index contributed by atoms with van der Waals surface area (Å²) in [7, 11) is 1.97. The Labute approximate surface area is 110 Å². The molecular weight excluding hydrogens is 241 g/mol. The van der Waals surface area contributed by atoms with Crippen LogP contribution in [0.15, 0.2) is 65.0 Å². The molecule has 0 aliphatic rings. The molecule has 1 aromatic heterocycles. The Morgan fingerprint density at radius 3 is 2.47 bits per heavy atom. The Kier molecular flexibility index (Phi) is 2.83. The average molecular weight is 253 g/mol. The van der Waals surface area contributed by atoms with Crippen molar-refractivity contribution >= 4 is 22.3 Å². The molecule has 19 heavy (non-hydrogen) atoms. The molecule has 2 aromatic carbocycles. The fourth-order valence-corrected chi connectivity index (χ4v) is 2.02. The molecule has 0 atom stereocenters. The molecule has 4 heteroatoms. The van der Waals surface area contributed by atoms with E-state index < -0.39 is 0 Å². The van der Waals surface area contributed by atoms with Gasteiger partial charge in [-0.15, -0.1) is 5.11 Å². The van der Waals surface area contributed by atoms with Crippen LogP contribution < -0.4 is 0 Å². The van der Waals surface area contributed by atoms with E-state index in [0.717, 1.165) is 16.6 Å². The number of benzene rings is 2. The zero-order valence-corrected chi connectivity index (χ0v) is 10.4. The number of aryl methyl sites for hydroxylation is 1. The third-order valence-corrected chi connectivity index (χ3v) is 2.98. The zero-order chi connectivity index (χ0) is 13.2. The van der Waals surface area contributed by atoms with E-state index in [2.05, 4.69) is 10.2 Å². The van der Waals surface area contributed by atoms with Gasteiger partial charge in [-0.05, 0) is 30.3 Å². The standard InChI is InChI=1S/C15H12FN3/c1-19-10-14(13-4-2-3-5-15(13)19)18-17-12-8-6-11(16)7-9-12/h2-10H,1H3. The number of nitrogens with zero attached hydrogens (tertiary/aromatic N) is 3. The maximum Gasteiger partial charge on any atom is 0.123 e. The summed E-state index contributed by atoms with van der Waals surface area (Å²) in [4.78, 5) is 0. The molecule has 0 amide bonds. The topological polar surface area (TPSA) is 29.6 Å². The number of rotatable bonds is 2. The van der Waals surface area contributed by atoms with Crippen LogP contribution in [0.1, 0.15) is 0 Å². The number of halogens is 1. The molecular formula is C15H12FN3. The summed E-state index contributed by atoms with van der Waals surface area (Å²) in [6, 6.07) is 14.0. The predicted molar refractivity (Wildman–Crippen MR) is 73.5 cm³/mol. The van der Waals surface area contributed by atoms with Crippen LogP contribution in [0, 0.1) is 5.82 Å². The molecule has 1 heterocycles. The second kappa shape index (κ2) is 4.65. The fourth-order valence-electron chi connectivity index (χ4n) is 2.02. The number of aromatic nitrogens is 1. The lowest BCUT2D eigenvalue weighted by Gasteiger charge is -1.93. The summed E-state index contributed by atoms with van der Waals surface area (Å²) >= 11 is 0. The number of para-hydroxylation sites is 1. The minimum atomic E-state index is -0.274. The molecule has 0 bridgehead atoms. The van der Waals surface area contributed by atoms with Crippen LogP contribution in [-0.2, 0) is 7.05 Å². The first-order valence-corrected chi connectivity index (χ1v) is 5.95. The molecule has 0 fully saturated rings. The Morgan fingerprint density at radius 2 is 1.68 bits per heavy atom. The van der Waals surface area contributed by atoms with Crippen molar-refractivity contribution in [2.24, 2.45) is 17.3 Å². The van der Waals surface area contributed by atoms with Crippen LogP contribution in [0.4, 0.5) is 15.8 Å². The summed E-state index contributed by atoms with van der Waals surface area (Å²) in [5.41, 5.74) is 2.55. The lowest BCUT2D eigenvalue weighted by molar-refractivity contribution is 0.628. The first kappa shape index (κ1) is 11.6. The van der Waals surface area contributed by atoms with Crippen molar-refractivity contribution in [3.05, 3.63) is 60.5 Å². The van der Waals surface area contributed by atoms with Gasteiger partial charge in [0.2, 0.25) is 0 Å². The molecule has 3 rings (SSSR count). The highest BCUT2D eigenvalue weighted by Crippen LogP contribution is 2.29. The van der Waals surface area contributed by atoms with Gasteiger partial charge in [-0.25, -0.2) is 4.39 Å². The van der Waals surface area contributed by atoms with Crippen LogP contribution in [0.3, 0.4) is 0 Å². The zero-order valence-electron chi connectivity index (χ0n) is 10.4. The highest BCUT2D eigenvalue weighted by atomic mass is 19.1. The van der Waals surface area contributed by atoms with E-state index in [0.29, 0.717) is 5.69 Å². The third-order valence-electron chi connectivity index (χ3n) is 2.98. The van der Waals surface area contributed by atoms with Crippen molar-refractivity contribution in [3.63, 3.8) is 0 Å². The van der Waals surface area contributed by atoms with Gasteiger partial charge in [0.1, 0.15) is 11.5 Å². The van der Waals surface area contributed by atoms with Gasteiger partial charge in [-0.1, -0.05) is 18.2 Å². The molecule has 94 valence electrons. The van der Waals surface area contributed by atoms with Crippen molar-refractivity contribution in [2.45, 2.75) is 0 Å². The smallest absolute Gasteiger partial charge is 0.123 e. The number of fused-ring (bicyclic) bond motifs is 1. The maximum absolute atomic E-state index is 12.8. The predicted octanol–water partition coefficient (Wildman–Crippen LogP) is 4.73. The van der Waals surface area contributed by atoms with E-state index in [9.17, 15) is 4.39 Å². The van der Waals surface area contributed by atoms with Gasteiger partial charge in [-0.3, -0.25) is 0 Å². The molecule has 0 radical (unpaired) electrons. The Morgan fingerprint density at radius 1 is 0.947 bits per heavy atom. The molecule has 0 spiro atoms. The van der Waals surface area contributed by atoms with Crippen LogP contribution in [-0.4, -0.2) is 4.57 Å². The van der Waals surface area contributed by atoms with Gasteiger partial charge in [0.15, 0.2) is 0 Å². The molecule has 0 unspecified atom stereocenters. The Balaban J connectivity index is 1.99. The van der Waals surface area contributed by atoms with Crippen molar-refractivity contribution < 1.29 is 4.39 Å². The summed E-state index contributed by atoms with van der Waals surface area (Å²) in [6.07, 6.45) is 1.93. The van der Waals surface area contributed by atoms with Gasteiger partial charge in [-0.2, -0.15) is 5.11 Å². The number of hydrogen-bond donors (Lipinski definition) is 0. The van der Waals surface area contributed by atoms with Gasteiger partial charge >= 0.3 is 0 Å². The molecule has 0 aliphatic carbocycles. The average Bonchev–Trinajstić information content (AvgIpc) is 2.76. The molecule has 3 nitrogen and oxygen atoms in total. The first-order valence-electron chi connectivity index (χ1n) is 5.95. The Hall–Kier alpha value is -2.49. The van der Waals surface area contributed by atoms with E-state index >= 15 is 0 Å². The van der Waals surface area contributed by atoms with Crippen LogP contribution in [0.2, 0.25) is 0 Å². The molecule has 0 N–H and O–H groups in total.